The molecule has 4 heteroatoms. The van der Waals surface area contributed by atoms with Crippen molar-refractivity contribution in [1.82, 2.24) is 9.78 Å². The minimum atomic E-state index is 0.732. The Morgan fingerprint density at radius 2 is 2.00 bits per heavy atom. The predicted molar refractivity (Wildman–Crippen MR) is 79.0 cm³/mol. The highest BCUT2D eigenvalue weighted by Crippen LogP contribution is 2.35. The number of anilines is 1. The molecule has 0 atom stereocenters. The van der Waals surface area contributed by atoms with Gasteiger partial charge in [0.15, 0.2) is 0 Å². The number of aromatic nitrogens is 2. The molecule has 2 aromatic rings. The summed E-state index contributed by atoms with van der Waals surface area (Å²) in [5.74, 6) is 2.33. The van der Waals surface area contributed by atoms with Gasteiger partial charge < -0.3 is 5.73 Å². The van der Waals surface area contributed by atoms with Crippen molar-refractivity contribution in [2.45, 2.75) is 26.3 Å². The van der Waals surface area contributed by atoms with Crippen LogP contribution in [0.25, 0.3) is 11.3 Å². The lowest BCUT2D eigenvalue weighted by Gasteiger charge is -2.32. The van der Waals surface area contributed by atoms with Crippen molar-refractivity contribution in [2.24, 2.45) is 11.8 Å². The van der Waals surface area contributed by atoms with Gasteiger partial charge in [-0.15, -0.1) is 0 Å². The Kier molecular flexibility index (Phi) is 3.23. The van der Waals surface area contributed by atoms with Crippen LogP contribution in [0.3, 0.4) is 0 Å². The first-order chi connectivity index (χ1) is 9.11. The van der Waals surface area contributed by atoms with Crippen molar-refractivity contribution in [3.05, 3.63) is 35.4 Å². The van der Waals surface area contributed by atoms with Crippen LogP contribution >= 0.6 is 11.6 Å². The van der Waals surface area contributed by atoms with E-state index in [1.54, 1.807) is 0 Å². The van der Waals surface area contributed by atoms with Gasteiger partial charge in [-0.2, -0.15) is 5.10 Å². The van der Waals surface area contributed by atoms with Crippen molar-refractivity contribution < 1.29 is 0 Å². The number of nitrogens with two attached hydrogens (primary N) is 1. The maximum Gasteiger partial charge on any atom is 0.122 e. The van der Waals surface area contributed by atoms with Gasteiger partial charge in [-0.1, -0.05) is 30.7 Å². The zero-order chi connectivity index (χ0) is 13.4. The zero-order valence-corrected chi connectivity index (χ0v) is 11.8. The van der Waals surface area contributed by atoms with Crippen molar-refractivity contribution >= 4 is 17.4 Å². The van der Waals surface area contributed by atoms with Crippen LogP contribution in [-0.4, -0.2) is 9.78 Å². The van der Waals surface area contributed by atoms with Crippen LogP contribution in [0.15, 0.2) is 30.3 Å². The highest BCUT2D eigenvalue weighted by molar-refractivity contribution is 6.30. The summed E-state index contributed by atoms with van der Waals surface area (Å²) in [5.41, 5.74) is 8.02. The fourth-order valence-electron chi connectivity index (χ4n) is 2.80. The van der Waals surface area contributed by atoms with Gasteiger partial charge in [0, 0.05) is 23.2 Å². The second-order valence-electron chi connectivity index (χ2n) is 5.59. The number of halogens is 1. The van der Waals surface area contributed by atoms with E-state index in [0.29, 0.717) is 0 Å². The summed E-state index contributed by atoms with van der Waals surface area (Å²) in [6.07, 6.45) is 2.57. The summed E-state index contributed by atoms with van der Waals surface area (Å²) in [7, 11) is 0. The Morgan fingerprint density at radius 3 is 2.63 bits per heavy atom. The molecule has 0 spiro atoms. The SMILES string of the molecule is CC1CC(Cn2nc(-c3ccc(Cl)cc3)cc2N)C1. The normalized spacial score (nSPS) is 22.2. The van der Waals surface area contributed by atoms with Crippen LogP contribution < -0.4 is 5.73 Å². The molecule has 3 rings (SSSR count). The van der Waals surface area contributed by atoms with Crippen LogP contribution in [0.1, 0.15) is 19.8 Å². The lowest BCUT2D eigenvalue weighted by molar-refractivity contribution is 0.183. The molecular formula is C15H18ClN3. The average Bonchev–Trinajstić information content (AvgIpc) is 2.70. The van der Waals surface area contributed by atoms with E-state index < -0.39 is 0 Å². The Balaban J connectivity index is 1.78. The third kappa shape index (κ3) is 2.61. The van der Waals surface area contributed by atoms with Gasteiger partial charge in [-0.05, 0) is 36.8 Å². The van der Waals surface area contributed by atoms with Crippen molar-refractivity contribution in [3.8, 4) is 11.3 Å². The molecule has 1 aromatic heterocycles. The van der Waals surface area contributed by atoms with E-state index in [2.05, 4.69) is 12.0 Å². The number of rotatable bonds is 3. The molecule has 100 valence electrons. The van der Waals surface area contributed by atoms with Gasteiger partial charge in [0.25, 0.3) is 0 Å². The summed E-state index contributed by atoms with van der Waals surface area (Å²) in [5, 5.41) is 5.34. The van der Waals surface area contributed by atoms with E-state index in [4.69, 9.17) is 17.3 Å². The van der Waals surface area contributed by atoms with Crippen LogP contribution in [0, 0.1) is 11.8 Å². The van der Waals surface area contributed by atoms with Gasteiger partial charge in [0.05, 0.1) is 5.69 Å². The smallest absolute Gasteiger partial charge is 0.122 e. The molecule has 0 radical (unpaired) electrons. The molecule has 3 nitrogen and oxygen atoms in total. The van der Waals surface area contributed by atoms with E-state index >= 15 is 0 Å². The molecule has 2 N–H and O–H groups in total. The minimum absolute atomic E-state index is 0.732. The summed E-state index contributed by atoms with van der Waals surface area (Å²) >= 11 is 5.89. The molecule has 0 amide bonds. The summed E-state index contributed by atoms with van der Waals surface area (Å²) < 4.78 is 1.93. The maximum atomic E-state index is 6.04. The van der Waals surface area contributed by atoms with E-state index in [1.807, 2.05) is 35.0 Å². The topological polar surface area (TPSA) is 43.8 Å². The number of nitrogens with zero attached hydrogens (tertiary/aromatic N) is 2. The lowest BCUT2D eigenvalue weighted by atomic mass is 9.76. The van der Waals surface area contributed by atoms with Gasteiger partial charge in [-0.3, -0.25) is 0 Å². The number of nitrogen functional groups attached to an aromatic ring is 1. The standard InChI is InChI=1S/C15H18ClN3/c1-10-6-11(7-10)9-19-15(17)8-14(18-19)12-2-4-13(16)5-3-12/h2-5,8,10-11H,6-7,9,17H2,1H3. The maximum absolute atomic E-state index is 6.04. The van der Waals surface area contributed by atoms with Gasteiger partial charge in [0.2, 0.25) is 0 Å². The minimum Gasteiger partial charge on any atom is -0.384 e. The monoisotopic (exact) mass is 275 g/mol. The highest BCUT2D eigenvalue weighted by atomic mass is 35.5. The third-order valence-electron chi connectivity index (χ3n) is 3.85. The van der Waals surface area contributed by atoms with Gasteiger partial charge in [0.1, 0.15) is 5.82 Å². The van der Waals surface area contributed by atoms with E-state index in [1.165, 1.54) is 12.8 Å². The molecule has 19 heavy (non-hydrogen) atoms. The quantitative estimate of drug-likeness (QED) is 0.925. The summed E-state index contributed by atoms with van der Waals surface area (Å²) in [4.78, 5) is 0. The fourth-order valence-corrected chi connectivity index (χ4v) is 2.93. The van der Waals surface area contributed by atoms with Gasteiger partial charge in [-0.25, -0.2) is 4.68 Å². The van der Waals surface area contributed by atoms with Gasteiger partial charge >= 0.3 is 0 Å². The second kappa shape index (κ2) is 4.89. The highest BCUT2D eigenvalue weighted by Gasteiger charge is 2.26. The first kappa shape index (κ1) is 12.5. The van der Waals surface area contributed by atoms with E-state index in [0.717, 1.165) is 40.5 Å². The molecule has 0 unspecified atom stereocenters. The molecule has 0 bridgehead atoms. The lowest BCUT2D eigenvalue weighted by Crippen LogP contribution is -2.26. The first-order valence-corrected chi connectivity index (χ1v) is 7.09. The van der Waals surface area contributed by atoms with Crippen LogP contribution in [0.2, 0.25) is 5.02 Å². The van der Waals surface area contributed by atoms with Crippen molar-refractivity contribution in [1.29, 1.82) is 0 Å². The molecule has 0 aliphatic heterocycles. The predicted octanol–water partition coefficient (Wildman–Crippen LogP) is 3.83. The summed E-state index contributed by atoms with van der Waals surface area (Å²) in [6, 6.07) is 9.63. The molecular weight excluding hydrogens is 258 g/mol. The Hall–Kier alpha value is -1.48. The van der Waals surface area contributed by atoms with E-state index in [9.17, 15) is 0 Å². The van der Waals surface area contributed by atoms with Crippen molar-refractivity contribution in [3.63, 3.8) is 0 Å². The molecule has 1 saturated carbocycles. The first-order valence-electron chi connectivity index (χ1n) is 6.71. The Bertz CT molecular complexity index is 568. The molecule has 1 aliphatic carbocycles. The largest absolute Gasteiger partial charge is 0.384 e. The van der Waals surface area contributed by atoms with Crippen LogP contribution in [-0.2, 0) is 6.54 Å². The molecule has 1 fully saturated rings. The summed E-state index contributed by atoms with van der Waals surface area (Å²) in [6.45, 7) is 3.23. The molecule has 1 heterocycles. The molecule has 0 saturated heterocycles. The van der Waals surface area contributed by atoms with Crippen LogP contribution in [0.5, 0.6) is 0 Å². The second-order valence-corrected chi connectivity index (χ2v) is 6.02. The third-order valence-corrected chi connectivity index (χ3v) is 4.11. The Labute approximate surface area is 118 Å². The zero-order valence-electron chi connectivity index (χ0n) is 11.0. The average molecular weight is 276 g/mol. The molecule has 1 aliphatic rings. The Morgan fingerprint density at radius 1 is 1.32 bits per heavy atom. The fraction of sp³-hybridized carbons (Fsp3) is 0.400. The van der Waals surface area contributed by atoms with Crippen molar-refractivity contribution in [2.75, 3.05) is 5.73 Å². The number of hydrogen-bond acceptors (Lipinski definition) is 2. The number of benzene rings is 1. The van der Waals surface area contributed by atoms with E-state index in [-0.39, 0.29) is 0 Å². The van der Waals surface area contributed by atoms with Crippen LogP contribution in [0.4, 0.5) is 5.82 Å². The molecule has 1 aromatic carbocycles. The number of hydrogen-bond donors (Lipinski definition) is 1.